The van der Waals surface area contributed by atoms with Gasteiger partial charge in [-0.15, -0.1) is 5.10 Å². The van der Waals surface area contributed by atoms with Crippen LogP contribution in [0.1, 0.15) is 29.3 Å². The van der Waals surface area contributed by atoms with E-state index in [0.29, 0.717) is 28.4 Å². The van der Waals surface area contributed by atoms with Gasteiger partial charge < -0.3 is 10.1 Å². The van der Waals surface area contributed by atoms with E-state index in [0.717, 1.165) is 42.8 Å². The van der Waals surface area contributed by atoms with Crippen molar-refractivity contribution in [3.63, 3.8) is 0 Å². The van der Waals surface area contributed by atoms with Gasteiger partial charge in [0.1, 0.15) is 6.33 Å². The number of benzene rings is 2. The van der Waals surface area contributed by atoms with Gasteiger partial charge in [0, 0.05) is 41.3 Å². The maximum Gasteiger partial charge on any atom is 0.251 e. The number of halogens is 1. The van der Waals surface area contributed by atoms with Crippen LogP contribution < -0.4 is 5.32 Å². The first-order valence-electron chi connectivity index (χ1n) is 10.8. The third-order valence-corrected chi connectivity index (χ3v) is 6.44. The van der Waals surface area contributed by atoms with Crippen LogP contribution in [0, 0.1) is 6.92 Å². The molecule has 2 bridgehead atoms. The summed E-state index contributed by atoms with van der Waals surface area (Å²) in [5.41, 5.74) is 3.97. The fourth-order valence-corrected chi connectivity index (χ4v) is 4.92. The van der Waals surface area contributed by atoms with Gasteiger partial charge in [-0.2, -0.15) is 0 Å². The van der Waals surface area contributed by atoms with E-state index in [4.69, 9.17) is 16.3 Å². The van der Waals surface area contributed by atoms with Gasteiger partial charge in [-0.1, -0.05) is 23.7 Å². The summed E-state index contributed by atoms with van der Waals surface area (Å²) >= 11 is 6.52. The fourth-order valence-electron chi connectivity index (χ4n) is 4.57. The molecule has 2 saturated heterocycles. The minimum atomic E-state index is -0.141. The lowest BCUT2D eigenvalue weighted by Gasteiger charge is -2.29. The molecule has 0 radical (unpaired) electrons. The number of carbonyl (C=O) groups is 1. The number of amides is 1. The summed E-state index contributed by atoms with van der Waals surface area (Å²) in [4.78, 5) is 15.6. The second-order valence-electron chi connectivity index (χ2n) is 8.68. The summed E-state index contributed by atoms with van der Waals surface area (Å²) in [6.07, 6.45) is 2.94. The Hall–Kier alpha value is -2.81. The number of ether oxygens (including phenoxy) is 1. The van der Waals surface area contributed by atoms with Gasteiger partial charge in [0.2, 0.25) is 0 Å². The Morgan fingerprint density at radius 3 is 2.88 bits per heavy atom. The number of nitrogens with one attached hydrogen (secondary N) is 1. The summed E-state index contributed by atoms with van der Waals surface area (Å²) in [7, 11) is 0. The Morgan fingerprint density at radius 2 is 2.19 bits per heavy atom. The first-order chi connectivity index (χ1) is 15.5. The Kier molecular flexibility index (Phi) is 5.67. The fraction of sp³-hybridized carbons (Fsp3) is 0.391. The smallest absolute Gasteiger partial charge is 0.251 e. The number of carbonyl (C=O) groups excluding carboxylic acids is 1. The molecule has 1 aromatic heterocycles. The van der Waals surface area contributed by atoms with Crippen LogP contribution >= 0.6 is 11.6 Å². The number of hydrogen-bond donors (Lipinski definition) is 1. The standard InChI is InChI=1S/C23H25ClN6O2/c1-14-3-4-21(22(24)5-14)16-6-17(8-18(7-16)30-13-25-27-28-30)23(31)26-15(2)10-29-11-20-9-19(29)12-32-20/h3-8,13,15,19-20H,9-12H2,1-2H3,(H,26,31). The maximum atomic E-state index is 13.2. The van der Waals surface area contributed by atoms with E-state index in [2.05, 4.69) is 25.7 Å². The highest BCUT2D eigenvalue weighted by Gasteiger charge is 2.39. The second kappa shape index (κ2) is 8.61. The second-order valence-corrected chi connectivity index (χ2v) is 9.09. The van der Waals surface area contributed by atoms with Gasteiger partial charge >= 0.3 is 0 Å². The Balaban J connectivity index is 1.40. The normalized spacial score (nSPS) is 21.1. The molecule has 3 heterocycles. The van der Waals surface area contributed by atoms with Crippen molar-refractivity contribution in [1.82, 2.24) is 30.4 Å². The van der Waals surface area contributed by atoms with E-state index in [1.54, 1.807) is 6.07 Å². The average molecular weight is 453 g/mol. The van der Waals surface area contributed by atoms with Crippen molar-refractivity contribution in [3.8, 4) is 16.8 Å². The van der Waals surface area contributed by atoms with E-state index >= 15 is 0 Å². The number of aryl methyl sites for hydroxylation is 1. The molecule has 5 rings (SSSR count). The predicted octanol–water partition coefficient (Wildman–Crippen LogP) is 2.88. The van der Waals surface area contributed by atoms with Crippen LogP contribution in [-0.4, -0.2) is 68.9 Å². The topological polar surface area (TPSA) is 85.2 Å². The number of fused-ring (bicyclic) bond motifs is 2. The van der Waals surface area contributed by atoms with Crippen LogP contribution in [0.4, 0.5) is 0 Å². The molecule has 1 N–H and O–H groups in total. The molecule has 32 heavy (non-hydrogen) atoms. The number of morpholine rings is 1. The van der Waals surface area contributed by atoms with Gasteiger partial charge in [-0.3, -0.25) is 9.69 Å². The van der Waals surface area contributed by atoms with Crippen molar-refractivity contribution in [2.45, 2.75) is 38.5 Å². The first-order valence-corrected chi connectivity index (χ1v) is 11.2. The zero-order chi connectivity index (χ0) is 22.2. The molecular weight excluding hydrogens is 428 g/mol. The molecule has 2 aromatic carbocycles. The van der Waals surface area contributed by atoms with Crippen molar-refractivity contribution in [3.05, 3.63) is 58.9 Å². The van der Waals surface area contributed by atoms with Gasteiger partial charge in [0.05, 0.1) is 18.4 Å². The van der Waals surface area contributed by atoms with E-state index in [-0.39, 0.29) is 11.9 Å². The molecule has 2 fully saturated rings. The monoisotopic (exact) mass is 452 g/mol. The van der Waals surface area contributed by atoms with Crippen LogP contribution in [0.2, 0.25) is 5.02 Å². The maximum absolute atomic E-state index is 13.2. The molecule has 166 valence electrons. The Bertz CT molecular complexity index is 1140. The molecule has 2 aliphatic rings. The highest BCUT2D eigenvalue weighted by Crippen LogP contribution is 2.31. The third kappa shape index (κ3) is 4.26. The molecule has 3 unspecified atom stereocenters. The summed E-state index contributed by atoms with van der Waals surface area (Å²) in [6, 6.07) is 11.9. The van der Waals surface area contributed by atoms with Crippen molar-refractivity contribution >= 4 is 17.5 Å². The number of hydrogen-bond acceptors (Lipinski definition) is 6. The highest BCUT2D eigenvalue weighted by molar-refractivity contribution is 6.33. The largest absolute Gasteiger partial charge is 0.375 e. The van der Waals surface area contributed by atoms with Gasteiger partial charge in [0.15, 0.2) is 0 Å². The number of rotatable bonds is 6. The van der Waals surface area contributed by atoms with Gasteiger partial charge in [-0.25, -0.2) is 4.68 Å². The lowest BCUT2D eigenvalue weighted by molar-refractivity contribution is 0.0275. The van der Waals surface area contributed by atoms with E-state index in [1.165, 1.54) is 11.0 Å². The van der Waals surface area contributed by atoms with Gasteiger partial charge in [0.25, 0.3) is 5.91 Å². The van der Waals surface area contributed by atoms with Crippen LogP contribution in [0.25, 0.3) is 16.8 Å². The minimum Gasteiger partial charge on any atom is -0.375 e. The SMILES string of the molecule is Cc1ccc(-c2cc(C(=O)NC(C)CN3CC4CC3CO4)cc(-n3cnnn3)c2)c(Cl)c1. The molecule has 0 saturated carbocycles. The van der Waals surface area contributed by atoms with Crippen molar-refractivity contribution in [1.29, 1.82) is 0 Å². The number of nitrogens with zero attached hydrogens (tertiary/aromatic N) is 5. The predicted molar refractivity (Wildman–Crippen MR) is 121 cm³/mol. The Labute approximate surface area is 191 Å². The van der Waals surface area contributed by atoms with Crippen molar-refractivity contribution < 1.29 is 9.53 Å². The van der Waals surface area contributed by atoms with Crippen molar-refractivity contribution in [2.24, 2.45) is 0 Å². The van der Waals surface area contributed by atoms with Crippen LogP contribution in [0.5, 0.6) is 0 Å². The Morgan fingerprint density at radius 1 is 1.31 bits per heavy atom. The summed E-state index contributed by atoms with van der Waals surface area (Å²) in [6.45, 7) is 6.56. The lowest BCUT2D eigenvalue weighted by atomic mass is 10.00. The summed E-state index contributed by atoms with van der Waals surface area (Å²) < 4.78 is 7.21. The average Bonchev–Trinajstić information content (AvgIpc) is 3.52. The molecule has 0 aliphatic carbocycles. The summed E-state index contributed by atoms with van der Waals surface area (Å²) in [5, 5.41) is 15.2. The first kappa shape index (κ1) is 21.1. The molecule has 3 aromatic rings. The highest BCUT2D eigenvalue weighted by atomic mass is 35.5. The molecule has 8 nitrogen and oxygen atoms in total. The van der Waals surface area contributed by atoms with E-state index < -0.39 is 0 Å². The number of likely N-dealkylation sites (tertiary alicyclic amines) is 1. The zero-order valence-corrected chi connectivity index (χ0v) is 18.8. The van der Waals surface area contributed by atoms with Crippen LogP contribution in [0.15, 0.2) is 42.7 Å². The lowest BCUT2D eigenvalue weighted by Crippen LogP contribution is -2.46. The third-order valence-electron chi connectivity index (χ3n) is 6.13. The van der Waals surface area contributed by atoms with Crippen molar-refractivity contribution in [2.75, 3.05) is 19.7 Å². The molecule has 1 amide bonds. The number of tetrazole rings is 1. The quantitative estimate of drug-likeness (QED) is 0.619. The van der Waals surface area contributed by atoms with Crippen LogP contribution in [-0.2, 0) is 4.74 Å². The summed E-state index contributed by atoms with van der Waals surface area (Å²) in [5.74, 6) is -0.141. The zero-order valence-electron chi connectivity index (χ0n) is 18.0. The molecule has 0 spiro atoms. The molecule has 3 atom stereocenters. The van der Waals surface area contributed by atoms with Gasteiger partial charge in [-0.05, 0) is 66.1 Å². The molecule has 9 heteroatoms. The van der Waals surface area contributed by atoms with E-state index in [1.807, 2.05) is 44.2 Å². The molecular formula is C23H25ClN6O2. The van der Waals surface area contributed by atoms with E-state index in [9.17, 15) is 4.79 Å². The molecule has 2 aliphatic heterocycles. The minimum absolute atomic E-state index is 0.00459. The number of aromatic nitrogens is 4. The van der Waals surface area contributed by atoms with Crippen LogP contribution in [0.3, 0.4) is 0 Å².